The summed E-state index contributed by atoms with van der Waals surface area (Å²) in [5.74, 6) is 4.04. The molecule has 0 bridgehead atoms. The molecule has 0 aromatic heterocycles. The zero-order chi connectivity index (χ0) is 25.7. The third-order valence-electron chi connectivity index (χ3n) is 5.35. The van der Waals surface area contributed by atoms with Gasteiger partial charge in [0.1, 0.15) is 13.2 Å². The number of benzene rings is 3. The number of carbonyl (C=O) groups is 4. The number of rotatable bonds is 5. The van der Waals surface area contributed by atoms with E-state index in [1.165, 1.54) is 44.6 Å². The van der Waals surface area contributed by atoms with Gasteiger partial charge >= 0.3 is 11.9 Å². The topological polar surface area (TPSA) is 105 Å². The van der Waals surface area contributed by atoms with Crippen LogP contribution in [0, 0.1) is 11.8 Å². The average Bonchev–Trinajstić information content (AvgIpc) is 2.94. The highest BCUT2D eigenvalue weighted by Gasteiger charge is 2.25. The summed E-state index contributed by atoms with van der Waals surface area (Å²) in [5, 5.41) is 0. The van der Waals surface area contributed by atoms with Gasteiger partial charge in [-0.15, -0.1) is 0 Å². The van der Waals surface area contributed by atoms with E-state index in [0.717, 1.165) is 0 Å². The Bertz CT molecular complexity index is 1410. The number of hydrogen-bond acceptors (Lipinski definition) is 8. The van der Waals surface area contributed by atoms with Gasteiger partial charge < -0.3 is 18.9 Å². The summed E-state index contributed by atoms with van der Waals surface area (Å²) in [6.45, 7) is 0.648. The third kappa shape index (κ3) is 5.10. The van der Waals surface area contributed by atoms with E-state index in [1.807, 2.05) is 0 Å². The van der Waals surface area contributed by atoms with Crippen LogP contribution in [0.15, 0.2) is 60.7 Å². The van der Waals surface area contributed by atoms with Crippen molar-refractivity contribution >= 4 is 23.5 Å². The van der Waals surface area contributed by atoms with Crippen molar-refractivity contribution < 1.29 is 38.1 Å². The van der Waals surface area contributed by atoms with E-state index < -0.39 is 23.5 Å². The fourth-order valence-electron chi connectivity index (χ4n) is 3.46. The van der Waals surface area contributed by atoms with Crippen LogP contribution in [0.1, 0.15) is 52.6 Å². The van der Waals surface area contributed by atoms with Crippen LogP contribution >= 0.6 is 0 Å². The summed E-state index contributed by atoms with van der Waals surface area (Å²) in [6, 6.07) is 15.0. The molecule has 0 aliphatic carbocycles. The molecule has 1 heterocycles. The van der Waals surface area contributed by atoms with Crippen molar-refractivity contribution in [1.29, 1.82) is 0 Å². The summed E-state index contributed by atoms with van der Waals surface area (Å²) in [6.07, 6.45) is 0. The Morgan fingerprint density at radius 1 is 0.667 bits per heavy atom. The molecule has 3 aromatic rings. The summed E-state index contributed by atoms with van der Waals surface area (Å²) >= 11 is 0. The number of ketones is 2. The Hall–Kier alpha value is -4.90. The first-order valence-electron chi connectivity index (χ1n) is 10.8. The molecule has 36 heavy (non-hydrogen) atoms. The fraction of sp³-hybridized carbons (Fsp3) is 0.143. The van der Waals surface area contributed by atoms with Gasteiger partial charge in [-0.05, 0) is 42.5 Å². The van der Waals surface area contributed by atoms with Gasteiger partial charge in [-0.2, -0.15) is 0 Å². The van der Waals surface area contributed by atoms with Crippen molar-refractivity contribution in [2.24, 2.45) is 0 Å². The first-order chi connectivity index (χ1) is 17.4. The molecule has 0 amide bonds. The molecule has 0 saturated carbocycles. The number of Topliss-reactive ketones (excluding diaryl/α,β-unsaturated/α-hetero) is 2. The Morgan fingerprint density at radius 2 is 1.17 bits per heavy atom. The van der Waals surface area contributed by atoms with Crippen molar-refractivity contribution in [2.75, 3.05) is 27.4 Å². The van der Waals surface area contributed by atoms with E-state index in [1.54, 1.807) is 30.3 Å². The molecule has 0 atom stereocenters. The molecule has 8 nitrogen and oxygen atoms in total. The van der Waals surface area contributed by atoms with Crippen LogP contribution in [0.5, 0.6) is 11.5 Å². The second kappa shape index (κ2) is 10.6. The van der Waals surface area contributed by atoms with Crippen molar-refractivity contribution in [1.82, 2.24) is 0 Å². The lowest BCUT2D eigenvalue weighted by molar-refractivity contribution is 0.0592. The molecule has 0 fully saturated rings. The quantitative estimate of drug-likeness (QED) is 0.235. The third-order valence-corrected chi connectivity index (χ3v) is 5.35. The Kier molecular flexibility index (Phi) is 7.12. The van der Waals surface area contributed by atoms with Gasteiger partial charge in [-0.25, -0.2) is 9.59 Å². The predicted octanol–water partition coefficient (Wildman–Crippen LogP) is 3.50. The maximum atomic E-state index is 13.2. The Balaban J connectivity index is 1.68. The number of carbonyl (C=O) groups excluding carboxylic acids is 4. The fourth-order valence-corrected chi connectivity index (χ4v) is 3.46. The number of methoxy groups -OCH3 is 2. The van der Waals surface area contributed by atoms with E-state index in [0.29, 0.717) is 35.8 Å². The smallest absolute Gasteiger partial charge is 0.337 e. The molecule has 3 aromatic carbocycles. The largest absolute Gasteiger partial charge is 0.486 e. The lowest BCUT2D eigenvalue weighted by Gasteiger charge is -2.19. The highest BCUT2D eigenvalue weighted by molar-refractivity contribution is 6.49. The molecule has 4 rings (SSSR count). The summed E-state index contributed by atoms with van der Waals surface area (Å²) in [7, 11) is 2.55. The van der Waals surface area contributed by atoms with Crippen LogP contribution in [0.2, 0.25) is 0 Å². The molecule has 1 aliphatic heterocycles. The van der Waals surface area contributed by atoms with E-state index in [2.05, 4.69) is 16.6 Å². The first kappa shape index (κ1) is 24.2. The maximum Gasteiger partial charge on any atom is 0.337 e. The average molecular weight is 484 g/mol. The van der Waals surface area contributed by atoms with E-state index in [4.69, 9.17) is 14.2 Å². The van der Waals surface area contributed by atoms with Crippen LogP contribution in [0.25, 0.3) is 0 Å². The van der Waals surface area contributed by atoms with Gasteiger partial charge in [0.25, 0.3) is 0 Å². The number of hydrogen-bond donors (Lipinski definition) is 0. The molecule has 180 valence electrons. The molecule has 8 heteroatoms. The second-order valence-electron chi connectivity index (χ2n) is 7.59. The van der Waals surface area contributed by atoms with Gasteiger partial charge in [0.2, 0.25) is 11.6 Å². The lowest BCUT2D eigenvalue weighted by atomic mass is 9.96. The second-order valence-corrected chi connectivity index (χ2v) is 7.59. The van der Waals surface area contributed by atoms with Crippen molar-refractivity contribution in [3.8, 4) is 23.3 Å². The van der Waals surface area contributed by atoms with Gasteiger partial charge in [-0.3, -0.25) is 9.59 Å². The van der Waals surface area contributed by atoms with Crippen LogP contribution in [0.4, 0.5) is 0 Å². The van der Waals surface area contributed by atoms with Gasteiger partial charge in [-0.1, -0.05) is 24.0 Å². The number of esters is 2. The molecule has 0 N–H and O–H groups in total. The van der Waals surface area contributed by atoms with Crippen LogP contribution in [0.3, 0.4) is 0 Å². The van der Waals surface area contributed by atoms with Crippen molar-refractivity contribution in [3.63, 3.8) is 0 Å². The monoisotopic (exact) mass is 484 g/mol. The number of fused-ring (bicyclic) bond motifs is 1. The maximum absolute atomic E-state index is 13.2. The minimum atomic E-state index is -0.789. The highest BCUT2D eigenvalue weighted by atomic mass is 16.6. The molecular weight excluding hydrogens is 464 g/mol. The van der Waals surface area contributed by atoms with Crippen LogP contribution in [-0.2, 0) is 9.47 Å². The van der Waals surface area contributed by atoms with Gasteiger partial charge in [0, 0.05) is 28.3 Å². The van der Waals surface area contributed by atoms with Crippen molar-refractivity contribution in [3.05, 3.63) is 94.0 Å². The molecule has 0 saturated heterocycles. The zero-order valence-corrected chi connectivity index (χ0v) is 19.5. The van der Waals surface area contributed by atoms with Crippen molar-refractivity contribution in [2.45, 2.75) is 0 Å². The minimum absolute atomic E-state index is 0.0555. The SMILES string of the molecule is COC(=O)c1ccc(C#Cc2cc3c(cc2C(=O)C(=O)c2ccc(C(=O)OC)cc2)OCCO3)cc1. The van der Waals surface area contributed by atoms with Gasteiger partial charge in [0.05, 0.1) is 25.3 Å². The van der Waals surface area contributed by atoms with Gasteiger partial charge in [0.15, 0.2) is 11.5 Å². The normalized spacial score (nSPS) is 11.5. The van der Waals surface area contributed by atoms with Crippen LogP contribution in [-0.4, -0.2) is 50.9 Å². The molecule has 0 radical (unpaired) electrons. The van der Waals surface area contributed by atoms with E-state index >= 15 is 0 Å². The van der Waals surface area contributed by atoms with Crippen LogP contribution < -0.4 is 9.47 Å². The Morgan fingerprint density at radius 3 is 1.72 bits per heavy atom. The molecule has 0 unspecified atom stereocenters. The molecule has 0 spiro atoms. The summed E-state index contributed by atoms with van der Waals surface area (Å²) in [4.78, 5) is 49.5. The number of ether oxygens (including phenoxy) is 4. The van der Waals surface area contributed by atoms with E-state index in [9.17, 15) is 19.2 Å². The minimum Gasteiger partial charge on any atom is -0.486 e. The molecule has 1 aliphatic rings. The lowest BCUT2D eigenvalue weighted by Crippen LogP contribution is -2.19. The van der Waals surface area contributed by atoms with E-state index in [-0.39, 0.29) is 22.3 Å². The first-order valence-corrected chi connectivity index (χ1v) is 10.8. The summed E-state index contributed by atoms with van der Waals surface area (Å²) in [5.41, 5.74) is 1.66. The highest BCUT2D eigenvalue weighted by Crippen LogP contribution is 2.33. The zero-order valence-electron chi connectivity index (χ0n) is 19.5. The summed E-state index contributed by atoms with van der Waals surface area (Å²) < 4.78 is 20.5. The predicted molar refractivity (Wildman–Crippen MR) is 128 cm³/mol. The molecular formula is C28H20O8. The Labute approximate surface area is 206 Å². The standard InChI is InChI=1S/C28H20O8/c1-33-27(31)19-6-3-17(4-7-19)5-8-21-15-23-24(36-14-13-35-23)16-22(21)26(30)25(29)18-9-11-20(12-10-18)28(32)34-2/h3-4,6-7,9-12,15-16H,13-14H2,1-2H3.